The number of aromatic nitrogens is 1. The molecule has 0 bridgehead atoms. The van der Waals surface area contributed by atoms with Crippen molar-refractivity contribution in [1.29, 1.82) is 0 Å². The van der Waals surface area contributed by atoms with Crippen LogP contribution in [0, 0.1) is 0 Å². The van der Waals surface area contributed by atoms with Crippen molar-refractivity contribution >= 4 is 29.9 Å². The first kappa shape index (κ1) is 20.1. The number of hydrogen-bond acceptors (Lipinski definition) is 3. The average molecular weight is 416 g/mol. The first-order valence-electron chi connectivity index (χ1n) is 6.78. The van der Waals surface area contributed by atoms with Gasteiger partial charge in [-0.1, -0.05) is 19.0 Å². The molecule has 0 fully saturated rings. The van der Waals surface area contributed by atoms with E-state index in [0.29, 0.717) is 24.2 Å². The topological polar surface area (TPSA) is 62.5 Å². The van der Waals surface area contributed by atoms with Crippen LogP contribution in [0.5, 0.6) is 0 Å². The molecule has 1 aromatic rings. The lowest BCUT2D eigenvalue weighted by molar-refractivity contribution is 0.152. The summed E-state index contributed by atoms with van der Waals surface area (Å²) in [7, 11) is 1.52. The van der Waals surface area contributed by atoms with Gasteiger partial charge in [-0.05, 0) is 12.8 Å². The number of hydrogen-bond donors (Lipinski definition) is 2. The molecule has 8 heteroatoms. The van der Waals surface area contributed by atoms with Gasteiger partial charge in [0.05, 0.1) is 18.8 Å². The molecule has 122 valence electrons. The molecule has 0 saturated carbocycles. The summed E-state index contributed by atoms with van der Waals surface area (Å²) in [6.45, 7) is 4.14. The van der Waals surface area contributed by atoms with Gasteiger partial charge in [-0.3, -0.25) is 4.99 Å². The zero-order chi connectivity index (χ0) is 15.0. The third-order valence-corrected chi connectivity index (χ3v) is 3.06. The Kier molecular flexibility index (Phi) is 10.3. The van der Waals surface area contributed by atoms with Gasteiger partial charge in [-0.2, -0.15) is 0 Å². The lowest BCUT2D eigenvalue weighted by Crippen LogP contribution is -2.39. The number of halogens is 3. The van der Waals surface area contributed by atoms with Crippen molar-refractivity contribution in [3.8, 4) is 0 Å². The molecule has 21 heavy (non-hydrogen) atoms. The first-order chi connectivity index (χ1) is 9.60. The predicted octanol–water partition coefficient (Wildman–Crippen LogP) is 3.13. The van der Waals surface area contributed by atoms with Crippen molar-refractivity contribution in [2.45, 2.75) is 45.6 Å². The number of nitrogens with zero attached hydrogens (tertiary/aromatic N) is 2. The van der Waals surface area contributed by atoms with E-state index in [9.17, 15) is 8.78 Å². The molecular formula is C13H23F2IN4O. The van der Waals surface area contributed by atoms with Crippen molar-refractivity contribution in [2.75, 3.05) is 13.6 Å². The zero-order valence-corrected chi connectivity index (χ0v) is 14.9. The molecule has 0 aromatic carbocycles. The Bertz CT molecular complexity index is 422. The van der Waals surface area contributed by atoms with E-state index < -0.39 is 13.0 Å². The highest BCUT2D eigenvalue weighted by Crippen LogP contribution is 2.22. The molecule has 0 spiro atoms. The summed E-state index contributed by atoms with van der Waals surface area (Å²) < 4.78 is 29.4. The van der Waals surface area contributed by atoms with E-state index in [1.54, 1.807) is 0 Å². The highest BCUT2D eigenvalue weighted by molar-refractivity contribution is 14.0. The van der Waals surface area contributed by atoms with Crippen LogP contribution in [0.15, 0.2) is 15.6 Å². The van der Waals surface area contributed by atoms with Crippen LogP contribution < -0.4 is 10.6 Å². The third kappa shape index (κ3) is 7.05. The van der Waals surface area contributed by atoms with Gasteiger partial charge >= 0.3 is 0 Å². The molecule has 2 N–H and O–H groups in total. The number of nitrogens with one attached hydrogen (secondary N) is 2. The fraction of sp³-hybridized carbons (Fsp3) is 0.692. The summed E-state index contributed by atoms with van der Waals surface area (Å²) >= 11 is 0. The maximum atomic E-state index is 12.1. The first-order valence-corrected chi connectivity index (χ1v) is 6.78. The minimum atomic E-state index is -2.42. The van der Waals surface area contributed by atoms with Gasteiger partial charge in [0.15, 0.2) is 11.7 Å². The van der Waals surface area contributed by atoms with E-state index in [0.717, 1.165) is 18.5 Å². The SMILES string of the molecule is CCC(CC)c1cc(CNC(=NC)NCC(F)F)on1.I. The second-order valence-corrected chi connectivity index (χ2v) is 4.43. The van der Waals surface area contributed by atoms with Gasteiger partial charge in [0.25, 0.3) is 6.43 Å². The smallest absolute Gasteiger partial charge is 0.255 e. The van der Waals surface area contributed by atoms with E-state index in [4.69, 9.17) is 4.52 Å². The van der Waals surface area contributed by atoms with Crippen molar-refractivity contribution in [1.82, 2.24) is 15.8 Å². The van der Waals surface area contributed by atoms with E-state index in [1.807, 2.05) is 6.07 Å². The molecule has 1 heterocycles. The Hall–Kier alpha value is -0.930. The fourth-order valence-electron chi connectivity index (χ4n) is 1.88. The molecule has 0 radical (unpaired) electrons. The summed E-state index contributed by atoms with van der Waals surface area (Å²) in [4.78, 5) is 3.85. The van der Waals surface area contributed by atoms with Gasteiger partial charge in [0, 0.05) is 19.0 Å². The Labute approximate surface area is 141 Å². The van der Waals surface area contributed by atoms with Crippen molar-refractivity contribution in [2.24, 2.45) is 4.99 Å². The van der Waals surface area contributed by atoms with Crippen LogP contribution in [-0.2, 0) is 6.54 Å². The number of alkyl halides is 2. The second-order valence-electron chi connectivity index (χ2n) is 4.43. The van der Waals surface area contributed by atoms with Crippen molar-refractivity contribution in [3.63, 3.8) is 0 Å². The van der Waals surface area contributed by atoms with Gasteiger partial charge in [0.1, 0.15) is 0 Å². The third-order valence-electron chi connectivity index (χ3n) is 3.06. The van der Waals surface area contributed by atoms with Crippen LogP contribution in [0.3, 0.4) is 0 Å². The molecule has 0 aliphatic heterocycles. The van der Waals surface area contributed by atoms with Crippen LogP contribution in [-0.4, -0.2) is 31.1 Å². The normalized spacial score (nSPS) is 11.7. The minimum Gasteiger partial charge on any atom is -0.359 e. The molecule has 5 nitrogen and oxygen atoms in total. The molecule has 0 saturated heterocycles. The highest BCUT2D eigenvalue weighted by Gasteiger charge is 2.13. The second kappa shape index (κ2) is 10.7. The zero-order valence-electron chi connectivity index (χ0n) is 12.5. The molecular weight excluding hydrogens is 393 g/mol. The number of aliphatic imine (C=N–C) groups is 1. The minimum absolute atomic E-state index is 0. The summed E-state index contributed by atoms with van der Waals surface area (Å²) in [6, 6.07) is 1.89. The molecule has 0 aliphatic rings. The lowest BCUT2D eigenvalue weighted by Gasteiger charge is -2.09. The van der Waals surface area contributed by atoms with Crippen molar-refractivity contribution in [3.05, 3.63) is 17.5 Å². The van der Waals surface area contributed by atoms with Crippen LogP contribution >= 0.6 is 24.0 Å². The van der Waals surface area contributed by atoms with E-state index in [2.05, 4.69) is 34.6 Å². The highest BCUT2D eigenvalue weighted by atomic mass is 127. The summed E-state index contributed by atoms with van der Waals surface area (Å²) in [6.07, 6.45) is -0.401. The van der Waals surface area contributed by atoms with Gasteiger partial charge in [-0.25, -0.2) is 8.78 Å². The molecule has 0 aliphatic carbocycles. The molecule has 0 atom stereocenters. The molecule has 0 amide bonds. The molecule has 0 unspecified atom stereocenters. The van der Waals surface area contributed by atoms with Gasteiger partial charge in [-0.15, -0.1) is 24.0 Å². The van der Waals surface area contributed by atoms with E-state index in [-0.39, 0.29) is 24.0 Å². The Morgan fingerprint density at radius 1 is 1.33 bits per heavy atom. The summed E-state index contributed by atoms with van der Waals surface area (Å²) in [5.74, 6) is 1.36. The van der Waals surface area contributed by atoms with Crippen LogP contribution in [0.25, 0.3) is 0 Å². The number of guanidine groups is 1. The Balaban J connectivity index is 0.00000400. The monoisotopic (exact) mass is 416 g/mol. The van der Waals surface area contributed by atoms with Crippen LogP contribution in [0.1, 0.15) is 44.1 Å². The maximum absolute atomic E-state index is 12.1. The summed E-state index contributed by atoms with van der Waals surface area (Å²) in [5.41, 5.74) is 0.933. The molecule has 1 rings (SSSR count). The Morgan fingerprint density at radius 2 is 2.00 bits per heavy atom. The molecule has 1 aromatic heterocycles. The maximum Gasteiger partial charge on any atom is 0.255 e. The van der Waals surface area contributed by atoms with E-state index in [1.165, 1.54) is 7.05 Å². The lowest BCUT2D eigenvalue weighted by atomic mass is 9.99. The number of rotatable bonds is 7. The van der Waals surface area contributed by atoms with Gasteiger partial charge in [0.2, 0.25) is 0 Å². The predicted molar refractivity (Wildman–Crippen MR) is 89.4 cm³/mol. The van der Waals surface area contributed by atoms with Crippen molar-refractivity contribution < 1.29 is 13.3 Å². The average Bonchev–Trinajstić information content (AvgIpc) is 2.89. The van der Waals surface area contributed by atoms with Crippen LogP contribution in [0.4, 0.5) is 8.78 Å². The van der Waals surface area contributed by atoms with Crippen LogP contribution in [0.2, 0.25) is 0 Å². The fourth-order valence-corrected chi connectivity index (χ4v) is 1.88. The Morgan fingerprint density at radius 3 is 2.52 bits per heavy atom. The summed E-state index contributed by atoms with van der Waals surface area (Å²) in [5, 5.41) is 9.46. The van der Waals surface area contributed by atoms with Gasteiger partial charge < -0.3 is 15.2 Å². The van der Waals surface area contributed by atoms with E-state index >= 15 is 0 Å². The largest absolute Gasteiger partial charge is 0.359 e. The standard InChI is InChI=1S/C13H22F2N4O.HI/c1-4-9(5-2)11-6-10(20-19-11)7-17-13(16-3)18-8-12(14)15;/h6,9,12H,4-5,7-8H2,1-3H3,(H2,16,17,18);1H. The quantitative estimate of drug-likeness (QED) is 0.408.